The lowest BCUT2D eigenvalue weighted by molar-refractivity contribution is 0.0392. The summed E-state index contributed by atoms with van der Waals surface area (Å²) in [5.74, 6) is 0.329. The quantitative estimate of drug-likeness (QED) is 0.838. The standard InChI is InChI=1S/C21H24FNO3/c1-12(2)25-15-6-8-18(22)17(10-15)13-5-7-16-14(9-13)11-21(3,4)19(16)26-20(23)24/h5-10,12,19H,11H2,1-4H3,(H2,23,24). The van der Waals surface area contributed by atoms with E-state index in [0.29, 0.717) is 11.3 Å². The van der Waals surface area contributed by atoms with Gasteiger partial charge in [-0.3, -0.25) is 0 Å². The molecular formula is C21H24FNO3. The summed E-state index contributed by atoms with van der Waals surface area (Å²) >= 11 is 0. The van der Waals surface area contributed by atoms with Crippen molar-refractivity contribution in [2.24, 2.45) is 11.1 Å². The Hall–Kier alpha value is -2.56. The van der Waals surface area contributed by atoms with Crippen LogP contribution in [0.25, 0.3) is 11.1 Å². The molecule has 0 saturated carbocycles. The molecule has 3 rings (SSSR count). The predicted octanol–water partition coefficient (Wildman–Crippen LogP) is 5.00. The number of fused-ring (bicyclic) bond motifs is 1. The Kier molecular flexibility index (Phi) is 4.65. The molecule has 0 bridgehead atoms. The molecule has 1 unspecified atom stereocenters. The van der Waals surface area contributed by atoms with E-state index < -0.39 is 12.2 Å². The van der Waals surface area contributed by atoms with Gasteiger partial charge < -0.3 is 15.2 Å². The van der Waals surface area contributed by atoms with Crippen LogP contribution in [0.4, 0.5) is 9.18 Å². The van der Waals surface area contributed by atoms with Gasteiger partial charge in [-0.25, -0.2) is 9.18 Å². The van der Waals surface area contributed by atoms with Crippen molar-refractivity contribution in [1.29, 1.82) is 0 Å². The summed E-state index contributed by atoms with van der Waals surface area (Å²) in [6.45, 7) is 7.91. The topological polar surface area (TPSA) is 61.6 Å². The predicted molar refractivity (Wildman–Crippen MR) is 98.5 cm³/mol. The monoisotopic (exact) mass is 357 g/mol. The van der Waals surface area contributed by atoms with E-state index in [2.05, 4.69) is 0 Å². The van der Waals surface area contributed by atoms with E-state index in [9.17, 15) is 9.18 Å². The molecule has 26 heavy (non-hydrogen) atoms. The summed E-state index contributed by atoms with van der Waals surface area (Å²) in [6, 6.07) is 10.5. The fourth-order valence-electron chi connectivity index (χ4n) is 3.60. The Morgan fingerprint density at radius 2 is 1.96 bits per heavy atom. The molecule has 4 nitrogen and oxygen atoms in total. The lowest BCUT2D eigenvalue weighted by Gasteiger charge is -2.26. The molecule has 2 N–H and O–H groups in total. The summed E-state index contributed by atoms with van der Waals surface area (Å²) in [7, 11) is 0. The van der Waals surface area contributed by atoms with Crippen LogP contribution in [0.5, 0.6) is 5.75 Å². The number of nitrogens with two attached hydrogens (primary N) is 1. The number of halogens is 1. The zero-order valence-corrected chi connectivity index (χ0v) is 15.5. The van der Waals surface area contributed by atoms with E-state index in [4.69, 9.17) is 15.2 Å². The first-order valence-electron chi connectivity index (χ1n) is 8.73. The van der Waals surface area contributed by atoms with Crippen LogP contribution in [-0.2, 0) is 11.2 Å². The Morgan fingerprint density at radius 1 is 1.23 bits per heavy atom. The molecule has 1 amide bonds. The first kappa shape index (κ1) is 18.2. The zero-order chi connectivity index (χ0) is 19.1. The highest BCUT2D eigenvalue weighted by atomic mass is 19.1. The maximum absolute atomic E-state index is 14.4. The maximum atomic E-state index is 14.4. The van der Waals surface area contributed by atoms with E-state index in [0.717, 1.165) is 23.1 Å². The van der Waals surface area contributed by atoms with Crippen molar-refractivity contribution in [3.05, 3.63) is 53.3 Å². The number of rotatable bonds is 4. The summed E-state index contributed by atoms with van der Waals surface area (Å²) in [6.07, 6.45) is -0.451. The normalized spacial score (nSPS) is 17.8. The number of carbonyl (C=O) groups excluding carboxylic acids is 1. The third-order valence-corrected chi connectivity index (χ3v) is 4.64. The molecule has 0 heterocycles. The first-order valence-corrected chi connectivity index (χ1v) is 8.73. The van der Waals surface area contributed by atoms with Crippen molar-refractivity contribution in [1.82, 2.24) is 0 Å². The number of ether oxygens (including phenoxy) is 2. The van der Waals surface area contributed by atoms with Gasteiger partial charge in [-0.15, -0.1) is 0 Å². The molecule has 0 radical (unpaired) electrons. The van der Waals surface area contributed by atoms with E-state index in [1.54, 1.807) is 12.1 Å². The molecule has 2 aromatic carbocycles. The molecule has 0 spiro atoms. The number of benzene rings is 2. The maximum Gasteiger partial charge on any atom is 0.405 e. The molecule has 5 heteroatoms. The Balaban J connectivity index is 2.00. The smallest absolute Gasteiger partial charge is 0.405 e. The third-order valence-electron chi connectivity index (χ3n) is 4.64. The fraction of sp³-hybridized carbons (Fsp3) is 0.381. The van der Waals surface area contributed by atoms with Crippen molar-refractivity contribution < 1.29 is 18.7 Å². The first-order chi connectivity index (χ1) is 12.2. The van der Waals surface area contributed by atoms with E-state index in [-0.39, 0.29) is 17.3 Å². The Labute approximate surface area is 153 Å². The Bertz CT molecular complexity index is 845. The van der Waals surface area contributed by atoms with Crippen molar-refractivity contribution in [2.75, 3.05) is 0 Å². The molecule has 1 aliphatic carbocycles. The van der Waals surface area contributed by atoms with Crippen LogP contribution < -0.4 is 10.5 Å². The minimum absolute atomic E-state index is 0.0147. The number of amides is 1. The van der Waals surface area contributed by atoms with Gasteiger partial charge in [-0.1, -0.05) is 32.0 Å². The van der Waals surface area contributed by atoms with Crippen LogP contribution >= 0.6 is 0 Å². The van der Waals surface area contributed by atoms with Crippen LogP contribution in [0.2, 0.25) is 0 Å². The average Bonchev–Trinajstić information content (AvgIpc) is 2.78. The van der Waals surface area contributed by atoms with Crippen molar-refractivity contribution in [3.63, 3.8) is 0 Å². The second kappa shape index (κ2) is 6.63. The molecule has 0 saturated heterocycles. The number of primary amides is 1. The number of hydrogen-bond acceptors (Lipinski definition) is 3. The van der Waals surface area contributed by atoms with Crippen LogP contribution in [0.1, 0.15) is 44.9 Å². The number of carbonyl (C=O) groups is 1. The van der Waals surface area contributed by atoms with E-state index in [1.807, 2.05) is 45.9 Å². The summed E-state index contributed by atoms with van der Waals surface area (Å²) in [4.78, 5) is 11.2. The van der Waals surface area contributed by atoms with E-state index >= 15 is 0 Å². The molecule has 0 aliphatic heterocycles. The molecule has 1 aliphatic rings. The molecule has 138 valence electrons. The minimum Gasteiger partial charge on any atom is -0.491 e. The van der Waals surface area contributed by atoms with E-state index in [1.165, 1.54) is 6.07 Å². The van der Waals surface area contributed by atoms with Crippen molar-refractivity contribution in [2.45, 2.75) is 46.3 Å². The average molecular weight is 357 g/mol. The van der Waals surface area contributed by atoms with Gasteiger partial charge in [0.25, 0.3) is 0 Å². The second-order valence-electron chi connectivity index (χ2n) is 7.70. The van der Waals surface area contributed by atoms with Crippen LogP contribution in [0.15, 0.2) is 36.4 Å². The summed E-state index contributed by atoms with van der Waals surface area (Å²) < 4.78 is 25.4. The second-order valence-corrected chi connectivity index (χ2v) is 7.70. The summed E-state index contributed by atoms with van der Waals surface area (Å²) in [5.41, 5.74) is 8.17. The van der Waals surface area contributed by atoms with Gasteiger partial charge in [0.15, 0.2) is 0 Å². The van der Waals surface area contributed by atoms with Gasteiger partial charge in [0.05, 0.1) is 6.10 Å². The van der Waals surface area contributed by atoms with Gasteiger partial charge >= 0.3 is 6.09 Å². The van der Waals surface area contributed by atoms with Gasteiger partial charge in [0.1, 0.15) is 17.7 Å². The van der Waals surface area contributed by atoms with Gasteiger partial charge in [-0.05, 0) is 55.2 Å². The highest BCUT2D eigenvalue weighted by Crippen LogP contribution is 2.48. The molecule has 1 atom stereocenters. The molecular weight excluding hydrogens is 333 g/mol. The highest BCUT2D eigenvalue weighted by molar-refractivity contribution is 5.69. The molecule has 0 fully saturated rings. The lowest BCUT2D eigenvalue weighted by atomic mass is 9.87. The Morgan fingerprint density at radius 3 is 2.62 bits per heavy atom. The number of hydrogen-bond donors (Lipinski definition) is 1. The van der Waals surface area contributed by atoms with Crippen molar-refractivity contribution in [3.8, 4) is 16.9 Å². The molecule has 0 aromatic heterocycles. The van der Waals surface area contributed by atoms with Gasteiger partial charge in [0, 0.05) is 11.0 Å². The lowest BCUT2D eigenvalue weighted by Crippen LogP contribution is -2.25. The highest BCUT2D eigenvalue weighted by Gasteiger charge is 2.41. The van der Waals surface area contributed by atoms with Gasteiger partial charge in [0.2, 0.25) is 0 Å². The van der Waals surface area contributed by atoms with Crippen LogP contribution in [0, 0.1) is 11.2 Å². The van der Waals surface area contributed by atoms with Crippen molar-refractivity contribution >= 4 is 6.09 Å². The third kappa shape index (κ3) is 3.52. The fourth-order valence-corrected chi connectivity index (χ4v) is 3.60. The minimum atomic E-state index is -0.787. The largest absolute Gasteiger partial charge is 0.491 e. The van der Waals surface area contributed by atoms with Crippen LogP contribution in [-0.4, -0.2) is 12.2 Å². The van der Waals surface area contributed by atoms with Crippen LogP contribution in [0.3, 0.4) is 0 Å². The van der Waals surface area contributed by atoms with Gasteiger partial charge in [-0.2, -0.15) is 0 Å². The molecule has 2 aromatic rings. The summed E-state index contributed by atoms with van der Waals surface area (Å²) in [5, 5.41) is 0. The SMILES string of the molecule is CC(C)Oc1ccc(F)c(-c2ccc3c(c2)CC(C)(C)C3OC(N)=O)c1. The zero-order valence-electron chi connectivity index (χ0n) is 15.5.